The maximum Gasteiger partial charge on any atom is 1.00 e. The van der Waals surface area contributed by atoms with Crippen LogP contribution in [-0.4, -0.2) is 31.7 Å². The van der Waals surface area contributed by atoms with Crippen LogP contribution in [0.4, 0.5) is 23.2 Å². The zero-order chi connectivity index (χ0) is 33.1. The normalized spacial score (nSPS) is 15.0. The van der Waals surface area contributed by atoms with Crippen LogP contribution in [0.2, 0.25) is 0 Å². The number of amides is 2. The van der Waals surface area contributed by atoms with Crippen LogP contribution < -0.4 is 39.6 Å². The first kappa shape index (κ1) is 36.4. The number of rotatable bonds is 8. The van der Waals surface area contributed by atoms with E-state index in [4.69, 9.17) is 0 Å². The van der Waals surface area contributed by atoms with Gasteiger partial charge in [0.05, 0.1) is 27.5 Å². The molecular formula is C32H24F4N3NaO4S3. The summed E-state index contributed by atoms with van der Waals surface area (Å²) in [4.78, 5) is 30.1. The number of carbonyl (C=O) groups is 2. The van der Waals surface area contributed by atoms with Gasteiger partial charge in [-0.1, -0.05) is 36.4 Å². The van der Waals surface area contributed by atoms with E-state index < -0.39 is 44.3 Å². The van der Waals surface area contributed by atoms with Gasteiger partial charge in [-0.2, -0.15) is 13.2 Å². The second kappa shape index (κ2) is 15.2. The quantitative estimate of drug-likeness (QED) is 0.123. The Labute approximate surface area is 300 Å². The number of amidine groups is 1. The SMILES string of the molecule is CSc1ccc(-c2ccc(/C=C3/SC(=Nc4ccc(CC(=O)NS(=O)(=O)c5ccc(C(F)(F)F)cc5)cc4)NC3=O)c(F)c2)cc1.[H-].[Na+]. The van der Waals surface area contributed by atoms with E-state index >= 15 is 0 Å². The molecular weight excluding hydrogens is 686 g/mol. The van der Waals surface area contributed by atoms with Gasteiger partial charge in [-0.3, -0.25) is 9.59 Å². The largest absolute Gasteiger partial charge is 1.00 e. The van der Waals surface area contributed by atoms with E-state index in [-0.39, 0.29) is 53.0 Å². The van der Waals surface area contributed by atoms with Gasteiger partial charge in [0.1, 0.15) is 5.82 Å². The standard InChI is InChI=1S/C32H23F4N3O4S3.Na.H/c1-44-25-12-6-20(7-13-25)21-4-5-22(27(33)17-21)18-28-30(41)38-31(45-28)37-24-10-2-19(3-11-24)16-29(40)39-46(42,43)26-14-8-23(9-15-26)32(34,35)36;;/h2-15,17-18H,16H2,1H3,(H,39,40)(H,37,38,41);;/q;+1;-1/b28-18+;;. The van der Waals surface area contributed by atoms with Crippen molar-refractivity contribution in [1.82, 2.24) is 10.0 Å². The number of benzene rings is 4. The molecule has 1 heterocycles. The van der Waals surface area contributed by atoms with Crippen molar-refractivity contribution in [3.8, 4) is 11.1 Å². The first-order valence-corrected chi connectivity index (χ1v) is 16.9. The molecule has 0 bridgehead atoms. The van der Waals surface area contributed by atoms with Crippen molar-refractivity contribution in [2.45, 2.75) is 22.4 Å². The van der Waals surface area contributed by atoms with Gasteiger partial charge in [-0.25, -0.2) is 22.5 Å². The molecule has 2 amide bonds. The molecule has 4 aromatic rings. The number of hydrogen-bond donors (Lipinski definition) is 2. The average molecular weight is 710 g/mol. The summed E-state index contributed by atoms with van der Waals surface area (Å²) in [5.41, 5.74) is 1.66. The Kier molecular flexibility index (Phi) is 11.8. The zero-order valence-electron chi connectivity index (χ0n) is 25.8. The summed E-state index contributed by atoms with van der Waals surface area (Å²) >= 11 is 2.64. The predicted molar refractivity (Wildman–Crippen MR) is 172 cm³/mol. The molecule has 0 atom stereocenters. The van der Waals surface area contributed by atoms with Gasteiger partial charge in [0.2, 0.25) is 5.91 Å². The van der Waals surface area contributed by atoms with E-state index in [0.29, 0.717) is 28.9 Å². The third-order valence-electron chi connectivity index (χ3n) is 6.63. The molecule has 2 N–H and O–H groups in total. The summed E-state index contributed by atoms with van der Waals surface area (Å²) in [7, 11) is -4.38. The average Bonchev–Trinajstić information content (AvgIpc) is 3.36. The molecule has 0 spiro atoms. The van der Waals surface area contributed by atoms with Gasteiger partial charge >= 0.3 is 35.7 Å². The summed E-state index contributed by atoms with van der Waals surface area (Å²) in [5, 5.41) is 2.89. The van der Waals surface area contributed by atoms with Crippen LogP contribution in [0.5, 0.6) is 0 Å². The minimum absolute atomic E-state index is 0. The maximum atomic E-state index is 14.9. The van der Waals surface area contributed by atoms with E-state index in [2.05, 4.69) is 10.3 Å². The Morgan fingerprint density at radius 2 is 1.62 bits per heavy atom. The molecule has 0 aromatic heterocycles. The molecule has 0 unspecified atom stereocenters. The maximum absolute atomic E-state index is 14.9. The third-order valence-corrected chi connectivity index (χ3v) is 9.68. The molecule has 1 saturated heterocycles. The van der Waals surface area contributed by atoms with Crippen molar-refractivity contribution in [1.29, 1.82) is 0 Å². The Hall–Kier alpha value is -3.40. The van der Waals surface area contributed by atoms with Gasteiger partial charge < -0.3 is 6.74 Å². The molecule has 0 radical (unpaired) electrons. The van der Waals surface area contributed by atoms with E-state index in [1.165, 1.54) is 24.3 Å². The van der Waals surface area contributed by atoms with Crippen LogP contribution in [0.3, 0.4) is 0 Å². The molecule has 7 nitrogen and oxygen atoms in total. The Morgan fingerprint density at radius 3 is 2.21 bits per heavy atom. The van der Waals surface area contributed by atoms with E-state index in [0.717, 1.165) is 34.4 Å². The molecule has 1 fully saturated rings. The fourth-order valence-electron chi connectivity index (χ4n) is 4.29. The van der Waals surface area contributed by atoms with Crippen LogP contribution in [0, 0.1) is 5.82 Å². The van der Waals surface area contributed by atoms with Gasteiger partial charge in [0.15, 0.2) is 5.17 Å². The Balaban J connectivity index is 0.00000312. The predicted octanol–water partition coefficient (Wildman–Crippen LogP) is 4.29. The molecule has 15 heteroatoms. The van der Waals surface area contributed by atoms with Gasteiger partial charge in [0.25, 0.3) is 15.9 Å². The second-order valence-corrected chi connectivity index (χ2v) is 13.4. The molecule has 238 valence electrons. The topological polar surface area (TPSA) is 105 Å². The van der Waals surface area contributed by atoms with E-state index in [1.807, 2.05) is 35.2 Å². The minimum Gasteiger partial charge on any atom is -1.00 e. The van der Waals surface area contributed by atoms with Crippen molar-refractivity contribution in [2.24, 2.45) is 4.99 Å². The molecule has 47 heavy (non-hydrogen) atoms. The number of alkyl halides is 3. The van der Waals surface area contributed by atoms with Crippen LogP contribution in [-0.2, 0) is 32.2 Å². The molecule has 0 aliphatic carbocycles. The van der Waals surface area contributed by atoms with Crippen molar-refractivity contribution >= 4 is 62.3 Å². The molecule has 1 aliphatic rings. The summed E-state index contributed by atoms with van der Waals surface area (Å²) in [6.45, 7) is 0. The van der Waals surface area contributed by atoms with Gasteiger partial charge in [-0.05, 0) is 95.4 Å². The fraction of sp³-hybridized carbons (Fsp3) is 0.0938. The summed E-state index contributed by atoms with van der Waals surface area (Å²) in [6, 6.07) is 21.5. The fourth-order valence-corrected chi connectivity index (χ4v) is 6.51. The van der Waals surface area contributed by atoms with Crippen LogP contribution in [0.25, 0.3) is 17.2 Å². The molecule has 5 rings (SSSR count). The monoisotopic (exact) mass is 709 g/mol. The van der Waals surface area contributed by atoms with Crippen LogP contribution in [0.1, 0.15) is 18.1 Å². The smallest absolute Gasteiger partial charge is 1.00 e. The second-order valence-electron chi connectivity index (χ2n) is 9.84. The summed E-state index contributed by atoms with van der Waals surface area (Å²) in [6.07, 6.45) is -1.54. The zero-order valence-corrected chi connectivity index (χ0v) is 29.2. The van der Waals surface area contributed by atoms with Crippen molar-refractivity contribution in [3.05, 3.63) is 118 Å². The number of sulfonamides is 1. The molecule has 0 saturated carbocycles. The van der Waals surface area contributed by atoms with Gasteiger partial charge in [0, 0.05) is 10.5 Å². The number of hydrogen-bond acceptors (Lipinski definition) is 7. The van der Waals surface area contributed by atoms with Crippen molar-refractivity contribution in [2.75, 3.05) is 6.26 Å². The van der Waals surface area contributed by atoms with Gasteiger partial charge in [-0.15, -0.1) is 11.8 Å². The number of nitrogens with one attached hydrogen (secondary N) is 2. The molecule has 4 aromatic carbocycles. The third kappa shape index (κ3) is 9.36. The summed E-state index contributed by atoms with van der Waals surface area (Å²) in [5.74, 6) is -1.81. The number of thioether (sulfide) groups is 2. The number of halogens is 4. The van der Waals surface area contributed by atoms with Crippen LogP contribution >= 0.6 is 23.5 Å². The van der Waals surface area contributed by atoms with Crippen LogP contribution in [0.15, 0.2) is 111 Å². The first-order valence-electron chi connectivity index (χ1n) is 13.4. The minimum atomic E-state index is -4.63. The van der Waals surface area contributed by atoms with E-state index in [9.17, 15) is 35.6 Å². The van der Waals surface area contributed by atoms with E-state index in [1.54, 1.807) is 36.0 Å². The number of carbonyl (C=O) groups excluding carboxylic acids is 2. The van der Waals surface area contributed by atoms with Crippen molar-refractivity contribution < 1.29 is 66.6 Å². The van der Waals surface area contributed by atoms with Crippen molar-refractivity contribution in [3.63, 3.8) is 0 Å². The summed E-state index contributed by atoms with van der Waals surface area (Å²) < 4.78 is 79.9. The Morgan fingerprint density at radius 1 is 0.979 bits per heavy atom. The Bertz CT molecular complexity index is 1970. The molecule has 1 aliphatic heterocycles. The number of nitrogens with zero attached hydrogens (tertiary/aromatic N) is 1. The number of aliphatic imine (C=N–C) groups is 1. The first-order chi connectivity index (χ1) is 21.8.